The smallest absolute Gasteiger partial charge is 0.443 e. The number of aromatic nitrogens is 1. The monoisotopic (exact) mass is 196 g/mol. The second-order valence-corrected chi connectivity index (χ2v) is 2.65. The van der Waals surface area contributed by atoms with Crippen molar-refractivity contribution in [2.75, 3.05) is 6.61 Å². The van der Waals surface area contributed by atoms with Crippen LogP contribution in [0.3, 0.4) is 0 Å². The van der Waals surface area contributed by atoms with Gasteiger partial charge < -0.3 is 4.74 Å². The highest BCUT2D eigenvalue weighted by atomic mass is 32.1. The molecule has 0 aromatic carbocycles. The summed E-state index contributed by atoms with van der Waals surface area (Å²) in [5, 5.41) is 1.38. The van der Waals surface area contributed by atoms with Crippen LogP contribution in [0, 0.1) is 5.38 Å². The highest BCUT2D eigenvalue weighted by Gasteiger charge is 2.34. The van der Waals surface area contributed by atoms with E-state index >= 15 is 0 Å². The van der Waals surface area contributed by atoms with Gasteiger partial charge in [0.2, 0.25) is 10.9 Å². The maximum Gasteiger partial charge on any atom is 0.443 e. The lowest BCUT2D eigenvalue weighted by molar-refractivity contribution is -0.137. The predicted molar refractivity (Wildman–Crippen MR) is 37.1 cm³/mol. The summed E-state index contributed by atoms with van der Waals surface area (Å²) in [6.07, 6.45) is -4.39. The molecule has 1 radical (unpaired) electrons. The van der Waals surface area contributed by atoms with E-state index in [1.807, 2.05) is 0 Å². The average molecular weight is 196 g/mol. The number of ether oxygens (including phenoxy) is 1. The molecule has 0 bridgehead atoms. The molecule has 0 atom stereocenters. The summed E-state index contributed by atoms with van der Waals surface area (Å²) >= 11 is 0.410. The van der Waals surface area contributed by atoms with Crippen LogP contribution in [0.25, 0.3) is 0 Å². The van der Waals surface area contributed by atoms with Gasteiger partial charge in [-0.15, -0.1) is 11.3 Å². The van der Waals surface area contributed by atoms with Crippen LogP contribution in [0.2, 0.25) is 0 Å². The standard InChI is InChI=1S/C6H5F3NOS/c1-2-11-4-3-12-5(10-4)6(7,8)9/h2H2,1H3. The van der Waals surface area contributed by atoms with Crippen LogP contribution in [-0.2, 0) is 6.18 Å². The summed E-state index contributed by atoms with van der Waals surface area (Å²) in [5.74, 6) is -0.0881. The molecule has 1 aromatic heterocycles. The molecule has 0 saturated carbocycles. The van der Waals surface area contributed by atoms with Crippen LogP contribution in [0.15, 0.2) is 0 Å². The van der Waals surface area contributed by atoms with Gasteiger partial charge in [-0.2, -0.15) is 18.2 Å². The molecule has 6 heteroatoms. The number of thiazole rings is 1. The van der Waals surface area contributed by atoms with Gasteiger partial charge in [-0.3, -0.25) is 0 Å². The largest absolute Gasteiger partial charge is 0.477 e. The summed E-state index contributed by atoms with van der Waals surface area (Å²) in [4.78, 5) is 3.19. The van der Waals surface area contributed by atoms with Gasteiger partial charge in [-0.25, -0.2) is 0 Å². The molecule has 0 aliphatic carbocycles. The summed E-state index contributed by atoms with van der Waals surface area (Å²) in [7, 11) is 0. The van der Waals surface area contributed by atoms with Gasteiger partial charge in [-0.05, 0) is 6.92 Å². The zero-order chi connectivity index (χ0) is 9.19. The Balaban J connectivity index is 2.77. The number of alkyl halides is 3. The topological polar surface area (TPSA) is 22.1 Å². The van der Waals surface area contributed by atoms with Crippen LogP contribution in [0.1, 0.15) is 11.9 Å². The van der Waals surface area contributed by atoms with Crippen LogP contribution in [-0.4, -0.2) is 11.6 Å². The minimum Gasteiger partial charge on any atom is -0.477 e. The molecule has 0 spiro atoms. The Bertz CT molecular complexity index is 258. The molecule has 1 heterocycles. The maximum atomic E-state index is 11.9. The maximum absolute atomic E-state index is 11.9. The van der Waals surface area contributed by atoms with Crippen molar-refractivity contribution in [2.24, 2.45) is 0 Å². The molecule has 0 amide bonds. The van der Waals surface area contributed by atoms with Gasteiger partial charge in [0, 0.05) is 0 Å². The molecule has 0 N–H and O–H groups in total. The van der Waals surface area contributed by atoms with Crippen LogP contribution in [0.5, 0.6) is 5.88 Å². The Morgan fingerprint density at radius 3 is 2.67 bits per heavy atom. The Hall–Kier alpha value is -0.780. The van der Waals surface area contributed by atoms with Crippen molar-refractivity contribution >= 4 is 11.3 Å². The summed E-state index contributed by atoms with van der Waals surface area (Å²) in [6, 6.07) is 0. The third-order valence-corrected chi connectivity index (χ3v) is 1.75. The van der Waals surface area contributed by atoms with Gasteiger partial charge in [0.25, 0.3) is 0 Å². The quantitative estimate of drug-likeness (QED) is 0.724. The van der Waals surface area contributed by atoms with Gasteiger partial charge in [0.15, 0.2) is 0 Å². The molecular weight excluding hydrogens is 191 g/mol. The lowest BCUT2D eigenvalue weighted by Gasteiger charge is -1.99. The average Bonchev–Trinajstić information content (AvgIpc) is 2.35. The van der Waals surface area contributed by atoms with E-state index in [0.717, 1.165) is 0 Å². The first-order valence-corrected chi connectivity index (χ1v) is 3.94. The van der Waals surface area contributed by atoms with Gasteiger partial charge in [-0.1, -0.05) is 0 Å². The first-order valence-electron chi connectivity index (χ1n) is 3.12. The highest BCUT2D eigenvalue weighted by Crippen LogP contribution is 2.32. The lowest BCUT2D eigenvalue weighted by Crippen LogP contribution is -2.04. The molecule has 0 aliphatic rings. The predicted octanol–water partition coefficient (Wildman–Crippen LogP) is 2.36. The Kier molecular flexibility index (Phi) is 2.56. The molecular formula is C6H5F3NOS. The number of hydrogen-bond acceptors (Lipinski definition) is 3. The molecule has 1 rings (SSSR count). The van der Waals surface area contributed by atoms with E-state index in [9.17, 15) is 13.2 Å². The lowest BCUT2D eigenvalue weighted by atomic mass is 10.7. The minimum absolute atomic E-state index is 0.0881. The summed E-state index contributed by atoms with van der Waals surface area (Å²) < 4.78 is 40.5. The van der Waals surface area contributed by atoms with Crippen molar-refractivity contribution in [3.63, 3.8) is 0 Å². The zero-order valence-corrected chi connectivity index (χ0v) is 6.92. The first kappa shape index (κ1) is 9.31. The van der Waals surface area contributed by atoms with Gasteiger partial charge in [0.05, 0.1) is 6.61 Å². The van der Waals surface area contributed by atoms with Crippen molar-refractivity contribution in [3.05, 3.63) is 10.4 Å². The second kappa shape index (κ2) is 3.30. The number of rotatable bonds is 2. The first-order chi connectivity index (χ1) is 5.54. The van der Waals surface area contributed by atoms with E-state index < -0.39 is 11.2 Å². The van der Waals surface area contributed by atoms with Crippen molar-refractivity contribution in [1.82, 2.24) is 4.98 Å². The van der Waals surface area contributed by atoms with Crippen molar-refractivity contribution in [3.8, 4) is 5.88 Å². The molecule has 12 heavy (non-hydrogen) atoms. The van der Waals surface area contributed by atoms with Crippen LogP contribution >= 0.6 is 11.3 Å². The summed E-state index contributed by atoms with van der Waals surface area (Å²) in [6.45, 7) is 1.96. The third-order valence-electron chi connectivity index (χ3n) is 0.962. The Morgan fingerprint density at radius 2 is 2.25 bits per heavy atom. The van der Waals surface area contributed by atoms with E-state index in [2.05, 4.69) is 10.4 Å². The highest BCUT2D eigenvalue weighted by molar-refractivity contribution is 7.09. The minimum atomic E-state index is -4.39. The van der Waals surface area contributed by atoms with Crippen molar-refractivity contribution in [2.45, 2.75) is 13.1 Å². The molecule has 1 aromatic rings. The van der Waals surface area contributed by atoms with E-state index in [1.165, 1.54) is 0 Å². The Morgan fingerprint density at radius 1 is 1.58 bits per heavy atom. The SMILES string of the molecule is CCOc1[c]sc(C(F)(F)F)n1. The summed E-state index contributed by atoms with van der Waals surface area (Å²) in [5.41, 5.74) is 0. The Labute approximate surface area is 71.0 Å². The van der Waals surface area contributed by atoms with E-state index in [4.69, 9.17) is 4.74 Å². The van der Waals surface area contributed by atoms with Gasteiger partial charge in [0.1, 0.15) is 5.38 Å². The van der Waals surface area contributed by atoms with Crippen LogP contribution < -0.4 is 4.74 Å². The fourth-order valence-corrected chi connectivity index (χ4v) is 1.08. The number of nitrogens with zero attached hydrogens (tertiary/aromatic N) is 1. The molecule has 67 valence electrons. The second-order valence-electron chi connectivity index (χ2n) is 1.86. The van der Waals surface area contributed by atoms with E-state index in [1.54, 1.807) is 6.92 Å². The number of hydrogen-bond donors (Lipinski definition) is 0. The van der Waals surface area contributed by atoms with Crippen LogP contribution in [0.4, 0.5) is 13.2 Å². The molecule has 2 nitrogen and oxygen atoms in total. The third kappa shape index (κ3) is 2.10. The molecule has 0 aliphatic heterocycles. The fraction of sp³-hybridized carbons (Fsp3) is 0.500. The fourth-order valence-electron chi connectivity index (χ4n) is 0.550. The van der Waals surface area contributed by atoms with E-state index in [0.29, 0.717) is 11.3 Å². The molecule has 0 saturated heterocycles. The van der Waals surface area contributed by atoms with Crippen molar-refractivity contribution < 1.29 is 17.9 Å². The molecule has 0 unspecified atom stereocenters. The molecule has 0 fully saturated rings. The normalized spacial score (nSPS) is 11.7. The van der Waals surface area contributed by atoms with Crippen molar-refractivity contribution in [1.29, 1.82) is 0 Å². The number of halogens is 3. The zero-order valence-electron chi connectivity index (χ0n) is 6.10. The van der Waals surface area contributed by atoms with Gasteiger partial charge >= 0.3 is 6.18 Å². The van der Waals surface area contributed by atoms with E-state index in [-0.39, 0.29) is 12.5 Å².